The number of cyclic esters (lactones) is 1. The van der Waals surface area contributed by atoms with Crippen molar-refractivity contribution in [3.63, 3.8) is 0 Å². The maximum atomic E-state index is 10.8. The van der Waals surface area contributed by atoms with Crippen LogP contribution in [0.25, 0.3) is 0 Å². The van der Waals surface area contributed by atoms with Crippen LogP contribution < -0.4 is 0 Å². The monoisotopic (exact) mass is 186 g/mol. The van der Waals surface area contributed by atoms with Crippen LogP contribution in [-0.2, 0) is 23.8 Å². The summed E-state index contributed by atoms with van der Waals surface area (Å²) in [4.78, 5) is 21.3. The minimum Gasteiger partial charge on any atom is -0.464 e. The molecule has 0 amide bonds. The molecule has 0 aromatic heterocycles. The van der Waals surface area contributed by atoms with Crippen molar-refractivity contribution >= 4 is 11.9 Å². The van der Waals surface area contributed by atoms with E-state index in [-0.39, 0.29) is 6.79 Å². The van der Waals surface area contributed by atoms with Crippen molar-refractivity contribution in [2.45, 2.75) is 12.5 Å². The van der Waals surface area contributed by atoms with Crippen molar-refractivity contribution in [1.29, 1.82) is 0 Å². The molecule has 1 heterocycles. The molecule has 1 aliphatic rings. The number of rotatable bonds is 4. The van der Waals surface area contributed by atoms with E-state index in [4.69, 9.17) is 4.74 Å². The number of hydrogen-bond acceptors (Lipinski definition) is 5. The Morgan fingerprint density at radius 1 is 1.77 bits per heavy atom. The first-order chi connectivity index (χ1) is 6.24. The average Bonchev–Trinajstić information content (AvgIpc) is 2.52. The lowest BCUT2D eigenvalue weighted by molar-refractivity contribution is -0.164. The zero-order valence-electron chi connectivity index (χ0n) is 7.02. The van der Waals surface area contributed by atoms with Gasteiger partial charge in [-0.2, -0.15) is 0 Å². The topological polar surface area (TPSA) is 61.8 Å². The van der Waals surface area contributed by atoms with Gasteiger partial charge in [0, 0.05) is 12.5 Å². The molecule has 1 aliphatic heterocycles. The summed E-state index contributed by atoms with van der Waals surface area (Å²) in [7, 11) is 0. The molecule has 0 N–H and O–H groups in total. The van der Waals surface area contributed by atoms with E-state index in [1.807, 2.05) is 0 Å². The van der Waals surface area contributed by atoms with Crippen LogP contribution in [0, 0.1) is 0 Å². The molecular weight excluding hydrogens is 176 g/mol. The van der Waals surface area contributed by atoms with Crippen molar-refractivity contribution < 1.29 is 23.8 Å². The van der Waals surface area contributed by atoms with Crippen LogP contribution in [0.2, 0.25) is 0 Å². The molecule has 0 aliphatic carbocycles. The largest absolute Gasteiger partial charge is 0.464 e. The van der Waals surface area contributed by atoms with Gasteiger partial charge >= 0.3 is 11.9 Å². The van der Waals surface area contributed by atoms with Gasteiger partial charge in [-0.15, -0.1) is 0 Å². The second-order valence-corrected chi connectivity index (χ2v) is 2.40. The van der Waals surface area contributed by atoms with Crippen LogP contribution in [-0.4, -0.2) is 31.4 Å². The predicted molar refractivity (Wildman–Crippen MR) is 41.6 cm³/mol. The molecule has 1 atom stereocenters. The minimum atomic E-state index is -0.599. The fraction of sp³-hybridized carbons (Fsp3) is 0.500. The number of esters is 2. The molecule has 0 radical (unpaired) electrons. The summed E-state index contributed by atoms with van der Waals surface area (Å²) in [5, 5.41) is 0. The minimum absolute atomic E-state index is 0.245. The Morgan fingerprint density at radius 2 is 2.54 bits per heavy atom. The van der Waals surface area contributed by atoms with Gasteiger partial charge in [0.1, 0.15) is 0 Å². The predicted octanol–water partition coefficient (Wildman–Crippen LogP) is 0.00520. The lowest BCUT2D eigenvalue weighted by Crippen LogP contribution is -2.20. The lowest BCUT2D eigenvalue weighted by Gasteiger charge is -2.06. The molecule has 13 heavy (non-hydrogen) atoms. The van der Waals surface area contributed by atoms with E-state index in [2.05, 4.69) is 16.1 Å². The standard InChI is InChI=1S/C8H10O5/c1-2-7(9)13-5-12-6-3-4-11-8(6)10/h2,6H,1,3-5H2. The molecule has 5 heteroatoms. The van der Waals surface area contributed by atoms with Gasteiger partial charge in [-0.05, 0) is 0 Å². The summed E-state index contributed by atoms with van der Waals surface area (Å²) in [6.07, 6.45) is 0.929. The number of ether oxygens (including phenoxy) is 3. The van der Waals surface area contributed by atoms with Gasteiger partial charge < -0.3 is 14.2 Å². The summed E-state index contributed by atoms with van der Waals surface area (Å²) in [6, 6.07) is 0. The molecule has 1 rings (SSSR count). The highest BCUT2D eigenvalue weighted by Crippen LogP contribution is 2.09. The van der Waals surface area contributed by atoms with Crippen LogP contribution in [0.5, 0.6) is 0 Å². The van der Waals surface area contributed by atoms with Crippen LogP contribution in [0.4, 0.5) is 0 Å². The molecule has 0 spiro atoms. The molecule has 72 valence electrons. The first-order valence-electron chi connectivity index (χ1n) is 3.81. The second-order valence-electron chi connectivity index (χ2n) is 2.40. The van der Waals surface area contributed by atoms with Crippen molar-refractivity contribution in [2.75, 3.05) is 13.4 Å². The Balaban J connectivity index is 2.15. The summed E-state index contributed by atoms with van der Waals surface area (Å²) in [5.41, 5.74) is 0. The Hall–Kier alpha value is -1.36. The third-order valence-corrected chi connectivity index (χ3v) is 1.52. The first-order valence-corrected chi connectivity index (χ1v) is 3.81. The van der Waals surface area contributed by atoms with E-state index < -0.39 is 18.0 Å². The Morgan fingerprint density at radius 3 is 3.08 bits per heavy atom. The van der Waals surface area contributed by atoms with E-state index in [0.29, 0.717) is 13.0 Å². The van der Waals surface area contributed by atoms with Crippen LogP contribution in [0.1, 0.15) is 6.42 Å². The van der Waals surface area contributed by atoms with Gasteiger partial charge in [0.25, 0.3) is 0 Å². The van der Waals surface area contributed by atoms with E-state index >= 15 is 0 Å². The molecule has 1 saturated heterocycles. The van der Waals surface area contributed by atoms with Crippen LogP contribution in [0.3, 0.4) is 0 Å². The zero-order valence-corrected chi connectivity index (χ0v) is 7.02. The van der Waals surface area contributed by atoms with Gasteiger partial charge in [0.05, 0.1) is 6.61 Å². The maximum Gasteiger partial charge on any atom is 0.335 e. The zero-order chi connectivity index (χ0) is 9.68. The van der Waals surface area contributed by atoms with Gasteiger partial charge in [-0.25, -0.2) is 9.59 Å². The van der Waals surface area contributed by atoms with Crippen molar-refractivity contribution in [3.05, 3.63) is 12.7 Å². The van der Waals surface area contributed by atoms with Gasteiger partial charge in [0.15, 0.2) is 12.9 Å². The first kappa shape index (κ1) is 9.73. The molecule has 0 aromatic rings. The Kier molecular flexibility index (Phi) is 3.45. The fourth-order valence-corrected chi connectivity index (χ4v) is 0.862. The molecule has 0 bridgehead atoms. The molecular formula is C8H10O5. The molecule has 1 fully saturated rings. The van der Waals surface area contributed by atoms with Crippen LogP contribution >= 0.6 is 0 Å². The van der Waals surface area contributed by atoms with Crippen molar-refractivity contribution in [1.82, 2.24) is 0 Å². The molecule has 1 unspecified atom stereocenters. The number of carbonyl (C=O) groups excluding carboxylic acids is 2. The fourth-order valence-electron chi connectivity index (χ4n) is 0.862. The van der Waals surface area contributed by atoms with E-state index in [9.17, 15) is 9.59 Å². The normalized spacial score (nSPS) is 20.9. The summed E-state index contributed by atoms with van der Waals surface area (Å²) in [6.45, 7) is 3.32. The average molecular weight is 186 g/mol. The molecule has 5 nitrogen and oxygen atoms in total. The van der Waals surface area contributed by atoms with Crippen molar-refractivity contribution in [2.24, 2.45) is 0 Å². The smallest absolute Gasteiger partial charge is 0.335 e. The second kappa shape index (κ2) is 4.61. The third-order valence-electron chi connectivity index (χ3n) is 1.52. The summed E-state index contributed by atoms with van der Waals surface area (Å²) < 4.78 is 14.1. The number of carbonyl (C=O) groups is 2. The highest BCUT2D eigenvalue weighted by Gasteiger charge is 2.27. The summed E-state index contributed by atoms with van der Waals surface area (Å²) in [5.74, 6) is -0.985. The highest BCUT2D eigenvalue weighted by atomic mass is 16.7. The van der Waals surface area contributed by atoms with E-state index in [1.165, 1.54) is 0 Å². The third kappa shape index (κ3) is 2.87. The van der Waals surface area contributed by atoms with Crippen molar-refractivity contribution in [3.8, 4) is 0 Å². The summed E-state index contributed by atoms with van der Waals surface area (Å²) >= 11 is 0. The van der Waals surface area contributed by atoms with Gasteiger partial charge in [0.2, 0.25) is 0 Å². The molecule has 0 aromatic carbocycles. The highest BCUT2D eigenvalue weighted by molar-refractivity contribution is 5.81. The SMILES string of the molecule is C=CC(=O)OCOC1CCOC1=O. The Labute approximate surface area is 75.3 Å². The number of hydrogen-bond donors (Lipinski definition) is 0. The quantitative estimate of drug-likeness (QED) is 0.351. The molecule has 0 saturated carbocycles. The lowest BCUT2D eigenvalue weighted by atomic mass is 10.3. The van der Waals surface area contributed by atoms with Gasteiger partial charge in [-0.3, -0.25) is 0 Å². The van der Waals surface area contributed by atoms with E-state index in [1.54, 1.807) is 0 Å². The Bertz CT molecular complexity index is 223. The van der Waals surface area contributed by atoms with Crippen LogP contribution in [0.15, 0.2) is 12.7 Å². The maximum absolute atomic E-state index is 10.8. The van der Waals surface area contributed by atoms with E-state index in [0.717, 1.165) is 6.08 Å². The van der Waals surface area contributed by atoms with Gasteiger partial charge in [-0.1, -0.05) is 6.58 Å².